The zero-order valence-electron chi connectivity index (χ0n) is 21.6. The molecule has 34 heavy (non-hydrogen) atoms. The van der Waals surface area contributed by atoms with Gasteiger partial charge in [0.1, 0.15) is 0 Å². The number of H-pyrrole nitrogens is 1. The van der Waals surface area contributed by atoms with E-state index in [9.17, 15) is 0 Å². The first kappa shape index (κ1) is 27.4. The van der Waals surface area contributed by atoms with Gasteiger partial charge >= 0.3 is 0 Å². The van der Waals surface area contributed by atoms with E-state index >= 15 is 0 Å². The molecule has 2 heterocycles. The highest BCUT2D eigenvalue weighted by atomic mass is 16.5. The molecule has 0 spiro atoms. The van der Waals surface area contributed by atoms with Gasteiger partial charge in [0.15, 0.2) is 0 Å². The third-order valence-corrected chi connectivity index (χ3v) is 5.88. The molecule has 0 amide bonds. The Morgan fingerprint density at radius 3 is 2.71 bits per heavy atom. The Morgan fingerprint density at radius 2 is 2.03 bits per heavy atom. The van der Waals surface area contributed by atoms with Crippen molar-refractivity contribution in [3.63, 3.8) is 0 Å². The van der Waals surface area contributed by atoms with Crippen LogP contribution in [0.1, 0.15) is 52.4 Å². The Hall–Kier alpha value is -2.89. The van der Waals surface area contributed by atoms with Crippen molar-refractivity contribution >= 4 is 11.6 Å². The molecule has 0 aromatic carbocycles. The predicted octanol–water partition coefficient (Wildman–Crippen LogP) is 6.27. The summed E-state index contributed by atoms with van der Waals surface area (Å²) in [5.74, 6) is 0.325. The molecule has 1 fully saturated rings. The quantitative estimate of drug-likeness (QED) is 0.359. The standard InChI is InChI=1S/C29H42N4O/c1-7-24(5)28(30-9-3)13-11-10-12-27-21-29(32-31-27)25(6)20-23(4)14-15-26(8-2)22-33-16-18-34-19-17-33/h7-10,12-15,20-21,23,30H,3,11,16-19,22H2,1-2,4-6H3,(H,31,32)/b12-10+,15-14-,24-7-,25-20+,26-8+,28-13+. The molecule has 2 N–H and O–H groups in total. The van der Waals surface area contributed by atoms with Gasteiger partial charge in [0.05, 0.1) is 24.6 Å². The first-order chi connectivity index (χ1) is 16.5. The summed E-state index contributed by atoms with van der Waals surface area (Å²) in [6, 6.07) is 2.10. The van der Waals surface area contributed by atoms with Gasteiger partial charge in [-0.1, -0.05) is 56.0 Å². The summed E-state index contributed by atoms with van der Waals surface area (Å²) in [5.41, 5.74) is 6.78. The van der Waals surface area contributed by atoms with E-state index < -0.39 is 0 Å². The maximum atomic E-state index is 5.45. The van der Waals surface area contributed by atoms with Crippen molar-refractivity contribution in [3.05, 3.63) is 89.6 Å². The van der Waals surface area contributed by atoms with Crippen LogP contribution >= 0.6 is 0 Å². The van der Waals surface area contributed by atoms with Crippen LogP contribution < -0.4 is 5.32 Å². The number of aromatic nitrogens is 2. The first-order valence-electron chi connectivity index (χ1n) is 12.2. The molecule has 1 aromatic heterocycles. The number of hydrogen-bond donors (Lipinski definition) is 2. The number of nitrogens with zero attached hydrogens (tertiary/aromatic N) is 2. The van der Waals surface area contributed by atoms with Crippen molar-refractivity contribution < 1.29 is 4.74 Å². The van der Waals surface area contributed by atoms with Gasteiger partial charge in [0.25, 0.3) is 0 Å². The molecule has 0 aliphatic carbocycles. The molecule has 5 heteroatoms. The molecule has 0 bridgehead atoms. The molecule has 1 aliphatic heterocycles. The molecule has 1 unspecified atom stereocenters. The maximum absolute atomic E-state index is 5.45. The molecule has 0 saturated carbocycles. The average Bonchev–Trinajstić information content (AvgIpc) is 3.33. The van der Waals surface area contributed by atoms with Gasteiger partial charge in [-0.15, -0.1) is 0 Å². The number of allylic oxidation sites excluding steroid dienone is 8. The number of nitrogens with one attached hydrogen (secondary N) is 2. The normalized spacial score (nSPS) is 18.1. The Labute approximate surface area is 206 Å². The number of hydrogen-bond acceptors (Lipinski definition) is 4. The summed E-state index contributed by atoms with van der Waals surface area (Å²) in [7, 11) is 0. The highest BCUT2D eigenvalue weighted by Crippen LogP contribution is 2.17. The number of ether oxygens (including phenoxy) is 1. The average molecular weight is 463 g/mol. The minimum Gasteiger partial charge on any atom is -0.379 e. The van der Waals surface area contributed by atoms with Crippen LogP contribution in [-0.4, -0.2) is 47.9 Å². The van der Waals surface area contributed by atoms with Crippen molar-refractivity contribution in [1.82, 2.24) is 20.4 Å². The third-order valence-electron chi connectivity index (χ3n) is 5.88. The molecule has 184 valence electrons. The Morgan fingerprint density at radius 1 is 1.26 bits per heavy atom. The highest BCUT2D eigenvalue weighted by Gasteiger charge is 2.10. The van der Waals surface area contributed by atoms with Gasteiger partial charge in [-0.05, 0) is 75.1 Å². The van der Waals surface area contributed by atoms with Gasteiger partial charge in [-0.2, -0.15) is 5.10 Å². The van der Waals surface area contributed by atoms with Crippen molar-refractivity contribution in [1.29, 1.82) is 0 Å². The van der Waals surface area contributed by atoms with E-state index in [2.05, 4.69) is 109 Å². The monoisotopic (exact) mass is 462 g/mol. The predicted molar refractivity (Wildman–Crippen MR) is 146 cm³/mol. The zero-order valence-corrected chi connectivity index (χ0v) is 21.6. The molecule has 5 nitrogen and oxygen atoms in total. The Bertz CT molecular complexity index is 953. The Balaban J connectivity index is 1.93. The van der Waals surface area contributed by atoms with Crippen LogP contribution in [0.2, 0.25) is 0 Å². The van der Waals surface area contributed by atoms with Crippen LogP contribution in [0.3, 0.4) is 0 Å². The van der Waals surface area contributed by atoms with Gasteiger partial charge in [-0.3, -0.25) is 10.00 Å². The summed E-state index contributed by atoms with van der Waals surface area (Å²) in [6.45, 7) is 19.0. The molecule has 1 atom stereocenters. The smallest absolute Gasteiger partial charge is 0.0880 e. The molecular formula is C29H42N4O. The number of rotatable bonds is 12. The van der Waals surface area contributed by atoms with Crippen LogP contribution in [0.4, 0.5) is 0 Å². The molecule has 0 radical (unpaired) electrons. The Kier molecular flexibility index (Phi) is 12.1. The highest BCUT2D eigenvalue weighted by molar-refractivity contribution is 5.63. The van der Waals surface area contributed by atoms with Crippen molar-refractivity contribution in [3.8, 4) is 0 Å². The van der Waals surface area contributed by atoms with Crippen LogP contribution in [0.15, 0.2) is 78.2 Å². The molecule has 2 rings (SSSR count). The first-order valence-corrected chi connectivity index (χ1v) is 12.2. The number of morpholine rings is 1. The van der Waals surface area contributed by atoms with Crippen molar-refractivity contribution in [2.45, 2.75) is 41.0 Å². The molecule has 1 aromatic rings. The second-order valence-corrected chi connectivity index (χ2v) is 8.60. The lowest BCUT2D eigenvalue weighted by atomic mass is 10.0. The largest absolute Gasteiger partial charge is 0.379 e. The van der Waals surface area contributed by atoms with E-state index in [0.29, 0.717) is 5.92 Å². The summed E-state index contributed by atoms with van der Waals surface area (Å²) in [6.07, 6.45) is 20.0. The van der Waals surface area contributed by atoms with Crippen LogP contribution in [-0.2, 0) is 4.74 Å². The third kappa shape index (κ3) is 9.54. The van der Waals surface area contributed by atoms with Gasteiger partial charge in [-0.25, -0.2) is 0 Å². The molecule has 1 aliphatic rings. The van der Waals surface area contributed by atoms with E-state index in [1.165, 1.54) is 16.7 Å². The van der Waals surface area contributed by atoms with Crippen LogP contribution in [0.25, 0.3) is 11.6 Å². The fourth-order valence-electron chi connectivity index (χ4n) is 3.67. The van der Waals surface area contributed by atoms with E-state index in [4.69, 9.17) is 4.74 Å². The van der Waals surface area contributed by atoms with Crippen molar-refractivity contribution in [2.24, 2.45) is 5.92 Å². The van der Waals surface area contributed by atoms with E-state index in [0.717, 1.165) is 56.4 Å². The summed E-state index contributed by atoms with van der Waals surface area (Å²) in [5, 5.41) is 10.8. The SMILES string of the molecule is C=CNC(=C/C/C=C/c1cc(/C(C)=C/C(C)/C=C\C(=C/C)CN2CCOCC2)n[nH]1)/C(C)=C\C. The number of aromatic amines is 1. The lowest BCUT2D eigenvalue weighted by molar-refractivity contribution is 0.0426. The minimum atomic E-state index is 0.325. The lowest BCUT2D eigenvalue weighted by Crippen LogP contribution is -2.37. The fraction of sp³-hybridized carbons (Fsp3) is 0.414. The lowest BCUT2D eigenvalue weighted by Gasteiger charge is -2.26. The summed E-state index contributed by atoms with van der Waals surface area (Å²) in [4.78, 5) is 2.45. The maximum Gasteiger partial charge on any atom is 0.0880 e. The van der Waals surface area contributed by atoms with E-state index in [-0.39, 0.29) is 0 Å². The van der Waals surface area contributed by atoms with Gasteiger partial charge < -0.3 is 10.1 Å². The van der Waals surface area contributed by atoms with Crippen LogP contribution in [0.5, 0.6) is 0 Å². The van der Waals surface area contributed by atoms with Crippen LogP contribution in [0, 0.1) is 5.92 Å². The minimum absolute atomic E-state index is 0.325. The van der Waals surface area contributed by atoms with E-state index in [1.54, 1.807) is 6.20 Å². The van der Waals surface area contributed by atoms with Gasteiger partial charge in [0, 0.05) is 25.3 Å². The molecular weight excluding hydrogens is 420 g/mol. The zero-order chi connectivity index (χ0) is 24.8. The topological polar surface area (TPSA) is 53.2 Å². The van der Waals surface area contributed by atoms with E-state index in [1.807, 2.05) is 6.92 Å². The summed E-state index contributed by atoms with van der Waals surface area (Å²) >= 11 is 0. The summed E-state index contributed by atoms with van der Waals surface area (Å²) < 4.78 is 5.45. The van der Waals surface area contributed by atoms with Crippen molar-refractivity contribution in [2.75, 3.05) is 32.8 Å². The van der Waals surface area contributed by atoms with Gasteiger partial charge in [0.2, 0.25) is 0 Å². The fourth-order valence-corrected chi connectivity index (χ4v) is 3.67. The second-order valence-electron chi connectivity index (χ2n) is 8.60. The second kappa shape index (κ2) is 15.1. The molecule has 1 saturated heterocycles.